The maximum absolute atomic E-state index is 3.89. The third kappa shape index (κ3) is 1.42. The first-order valence-electron chi connectivity index (χ1n) is 4.38. The van der Waals surface area contributed by atoms with Crippen molar-refractivity contribution in [3.8, 4) is 0 Å². The summed E-state index contributed by atoms with van der Waals surface area (Å²) in [5.74, 6) is 2.54. The van der Waals surface area contributed by atoms with E-state index in [1.54, 1.807) is 0 Å². The Kier molecular flexibility index (Phi) is 2.53. The summed E-state index contributed by atoms with van der Waals surface area (Å²) in [6.45, 7) is 8.58. The lowest BCUT2D eigenvalue weighted by molar-refractivity contribution is 0.225. The Labute approximate surface area is 64.3 Å². The minimum absolute atomic E-state index is 0.786. The molecule has 2 unspecified atom stereocenters. The van der Waals surface area contributed by atoms with Gasteiger partial charge in [0.25, 0.3) is 0 Å². The molecule has 0 amide bonds. The lowest BCUT2D eigenvalue weighted by Gasteiger charge is -2.32. The zero-order valence-electron chi connectivity index (χ0n) is 7.14. The maximum Gasteiger partial charge on any atom is -0.0185 e. The Morgan fingerprint density at radius 3 is 2.00 bits per heavy atom. The average Bonchev–Trinajstić information content (AvgIpc) is 1.88. The molecule has 0 aromatic carbocycles. The molecule has 10 heavy (non-hydrogen) atoms. The van der Waals surface area contributed by atoms with Gasteiger partial charge in [-0.25, -0.2) is 0 Å². The van der Waals surface area contributed by atoms with Gasteiger partial charge in [-0.05, 0) is 17.8 Å². The number of hydrogen-bond donors (Lipinski definition) is 0. The highest BCUT2D eigenvalue weighted by Crippen LogP contribution is 2.34. The van der Waals surface area contributed by atoms with Gasteiger partial charge < -0.3 is 0 Å². The van der Waals surface area contributed by atoms with E-state index in [9.17, 15) is 0 Å². The highest BCUT2D eigenvalue weighted by molar-refractivity contribution is 4.89. The van der Waals surface area contributed by atoms with Crippen LogP contribution in [-0.4, -0.2) is 0 Å². The fourth-order valence-electron chi connectivity index (χ4n) is 2.17. The van der Waals surface area contributed by atoms with E-state index in [1.807, 2.05) is 0 Å². The molecule has 0 heteroatoms. The summed E-state index contributed by atoms with van der Waals surface area (Å²) in [5.41, 5.74) is 0. The quantitative estimate of drug-likeness (QED) is 0.488. The second-order valence-corrected chi connectivity index (χ2v) is 3.70. The standard InChI is InChI=1S/C10H18/c1-4-10-8(2)6-5-7-9(10)3/h4,8-10H,1,5-7H2,2-3H3. The fourth-order valence-corrected chi connectivity index (χ4v) is 2.17. The van der Waals surface area contributed by atoms with Gasteiger partial charge in [-0.2, -0.15) is 0 Å². The molecular formula is C10H18. The summed E-state index contributed by atoms with van der Waals surface area (Å²) in [4.78, 5) is 0. The van der Waals surface area contributed by atoms with E-state index in [4.69, 9.17) is 0 Å². The minimum atomic E-state index is 0.786. The molecule has 0 aromatic heterocycles. The maximum atomic E-state index is 3.89. The highest BCUT2D eigenvalue weighted by Gasteiger charge is 2.24. The smallest absolute Gasteiger partial charge is 0.0185 e. The van der Waals surface area contributed by atoms with Crippen LogP contribution in [0.3, 0.4) is 0 Å². The molecule has 1 fully saturated rings. The van der Waals surface area contributed by atoms with E-state index in [0.717, 1.165) is 17.8 Å². The first-order chi connectivity index (χ1) is 4.75. The predicted octanol–water partition coefficient (Wildman–Crippen LogP) is 3.24. The van der Waals surface area contributed by atoms with Crippen LogP contribution in [0.5, 0.6) is 0 Å². The molecule has 0 bridgehead atoms. The summed E-state index contributed by atoms with van der Waals surface area (Å²) in [6, 6.07) is 0. The van der Waals surface area contributed by atoms with Crippen molar-refractivity contribution in [1.82, 2.24) is 0 Å². The fraction of sp³-hybridized carbons (Fsp3) is 0.800. The molecule has 0 nitrogen and oxygen atoms in total. The molecule has 0 aromatic rings. The Morgan fingerprint density at radius 1 is 1.20 bits per heavy atom. The molecule has 1 saturated carbocycles. The Bertz CT molecular complexity index is 105. The lowest BCUT2D eigenvalue weighted by Crippen LogP contribution is -2.22. The topological polar surface area (TPSA) is 0 Å². The molecule has 1 aliphatic rings. The van der Waals surface area contributed by atoms with Crippen molar-refractivity contribution >= 4 is 0 Å². The zero-order valence-corrected chi connectivity index (χ0v) is 7.14. The third-order valence-corrected chi connectivity index (χ3v) is 2.91. The summed E-state index contributed by atoms with van der Waals surface area (Å²) < 4.78 is 0. The molecule has 0 N–H and O–H groups in total. The van der Waals surface area contributed by atoms with Crippen LogP contribution in [0.25, 0.3) is 0 Å². The average molecular weight is 138 g/mol. The van der Waals surface area contributed by atoms with E-state index in [1.165, 1.54) is 19.3 Å². The van der Waals surface area contributed by atoms with Crippen molar-refractivity contribution in [3.63, 3.8) is 0 Å². The number of rotatable bonds is 1. The van der Waals surface area contributed by atoms with Gasteiger partial charge >= 0.3 is 0 Å². The van der Waals surface area contributed by atoms with Crippen molar-refractivity contribution in [2.45, 2.75) is 33.1 Å². The lowest BCUT2D eigenvalue weighted by atomic mass is 9.74. The van der Waals surface area contributed by atoms with Crippen LogP contribution >= 0.6 is 0 Å². The largest absolute Gasteiger partial charge is 0.103 e. The Hall–Kier alpha value is -0.260. The summed E-state index contributed by atoms with van der Waals surface area (Å²) in [5, 5.41) is 0. The zero-order chi connectivity index (χ0) is 7.56. The SMILES string of the molecule is C=CC1C(C)CCCC1C. The number of hydrogen-bond acceptors (Lipinski definition) is 0. The van der Waals surface area contributed by atoms with Crippen LogP contribution in [0, 0.1) is 17.8 Å². The van der Waals surface area contributed by atoms with Gasteiger partial charge in [0.2, 0.25) is 0 Å². The van der Waals surface area contributed by atoms with Gasteiger partial charge in [0.15, 0.2) is 0 Å². The van der Waals surface area contributed by atoms with Gasteiger partial charge in [0.1, 0.15) is 0 Å². The molecule has 0 heterocycles. The van der Waals surface area contributed by atoms with Crippen LogP contribution in [0.15, 0.2) is 12.7 Å². The molecule has 0 saturated heterocycles. The Balaban J connectivity index is 2.53. The van der Waals surface area contributed by atoms with Crippen molar-refractivity contribution in [2.75, 3.05) is 0 Å². The van der Waals surface area contributed by atoms with Crippen molar-refractivity contribution < 1.29 is 0 Å². The van der Waals surface area contributed by atoms with Crippen molar-refractivity contribution in [3.05, 3.63) is 12.7 Å². The van der Waals surface area contributed by atoms with Crippen LogP contribution < -0.4 is 0 Å². The molecule has 0 aliphatic heterocycles. The van der Waals surface area contributed by atoms with E-state index in [2.05, 4.69) is 26.5 Å². The van der Waals surface area contributed by atoms with Crippen LogP contribution in [0.4, 0.5) is 0 Å². The van der Waals surface area contributed by atoms with E-state index in [0.29, 0.717) is 0 Å². The van der Waals surface area contributed by atoms with Crippen LogP contribution in [-0.2, 0) is 0 Å². The Morgan fingerprint density at radius 2 is 1.70 bits per heavy atom. The normalized spacial score (nSPS) is 41.2. The molecular weight excluding hydrogens is 120 g/mol. The van der Waals surface area contributed by atoms with Gasteiger partial charge in [-0.15, -0.1) is 6.58 Å². The van der Waals surface area contributed by atoms with Gasteiger partial charge in [0, 0.05) is 0 Å². The second-order valence-electron chi connectivity index (χ2n) is 3.70. The molecule has 0 spiro atoms. The number of allylic oxidation sites excluding steroid dienone is 1. The molecule has 0 radical (unpaired) electrons. The van der Waals surface area contributed by atoms with E-state index in [-0.39, 0.29) is 0 Å². The first-order valence-corrected chi connectivity index (χ1v) is 4.38. The van der Waals surface area contributed by atoms with Gasteiger partial charge in [-0.1, -0.05) is 39.2 Å². The monoisotopic (exact) mass is 138 g/mol. The predicted molar refractivity (Wildman–Crippen MR) is 45.9 cm³/mol. The highest BCUT2D eigenvalue weighted by atomic mass is 14.3. The van der Waals surface area contributed by atoms with Gasteiger partial charge in [0.05, 0.1) is 0 Å². The van der Waals surface area contributed by atoms with E-state index >= 15 is 0 Å². The molecule has 58 valence electrons. The summed E-state index contributed by atoms with van der Waals surface area (Å²) in [6.07, 6.45) is 6.38. The second kappa shape index (κ2) is 3.23. The molecule has 1 rings (SSSR count). The minimum Gasteiger partial charge on any atom is -0.103 e. The van der Waals surface area contributed by atoms with Crippen LogP contribution in [0.2, 0.25) is 0 Å². The van der Waals surface area contributed by atoms with E-state index < -0.39 is 0 Å². The van der Waals surface area contributed by atoms with Crippen molar-refractivity contribution in [2.24, 2.45) is 17.8 Å². The molecule has 2 atom stereocenters. The summed E-state index contributed by atoms with van der Waals surface area (Å²) in [7, 11) is 0. The van der Waals surface area contributed by atoms with Crippen molar-refractivity contribution in [1.29, 1.82) is 0 Å². The van der Waals surface area contributed by atoms with Crippen LogP contribution in [0.1, 0.15) is 33.1 Å². The van der Waals surface area contributed by atoms with Gasteiger partial charge in [-0.3, -0.25) is 0 Å². The molecule has 1 aliphatic carbocycles. The summed E-state index contributed by atoms with van der Waals surface area (Å²) >= 11 is 0. The third-order valence-electron chi connectivity index (χ3n) is 2.91. The first kappa shape index (κ1) is 7.84.